The van der Waals surface area contributed by atoms with Crippen molar-refractivity contribution in [2.75, 3.05) is 19.4 Å². The molecule has 2 rings (SSSR count). The van der Waals surface area contributed by atoms with Gasteiger partial charge in [-0.2, -0.15) is 0 Å². The molecule has 0 radical (unpaired) electrons. The van der Waals surface area contributed by atoms with Crippen molar-refractivity contribution in [1.82, 2.24) is 9.97 Å². The molecule has 1 aromatic carbocycles. The maximum atomic E-state index is 13.0. The number of esters is 1. The molecule has 0 aliphatic rings. The molecule has 0 amide bonds. The number of hydrogen-bond donors (Lipinski definition) is 1. The number of ether oxygens (including phenoxy) is 1. The first kappa shape index (κ1) is 27.5. The van der Waals surface area contributed by atoms with E-state index in [1.54, 1.807) is 13.1 Å². The number of nitro groups is 1. The highest BCUT2D eigenvalue weighted by molar-refractivity contribution is 7.54. The summed E-state index contributed by atoms with van der Waals surface area (Å²) in [4.78, 5) is 28.5. The summed E-state index contributed by atoms with van der Waals surface area (Å²) < 4.78 is 29.1. The summed E-state index contributed by atoms with van der Waals surface area (Å²) in [5, 5.41) is 10.8. The molecule has 0 saturated heterocycles. The predicted molar refractivity (Wildman–Crippen MR) is 128 cm³/mol. The van der Waals surface area contributed by atoms with E-state index in [0.717, 1.165) is 57.8 Å². The fraction of sp³-hybridized carbons (Fsp3) is 0.565. The zero-order valence-electron chi connectivity index (χ0n) is 19.6. The number of imidazole rings is 1. The van der Waals surface area contributed by atoms with Crippen LogP contribution in [0.15, 0.2) is 36.7 Å². The van der Waals surface area contributed by atoms with Crippen LogP contribution in [-0.4, -0.2) is 40.2 Å². The Labute approximate surface area is 200 Å². The number of nitrogens with one attached hydrogen (secondary N) is 1. The Morgan fingerprint density at radius 2 is 1.65 bits per heavy atom. The third-order valence-corrected chi connectivity index (χ3v) is 7.12. The average Bonchev–Trinajstić information content (AvgIpc) is 3.35. The number of aromatic nitrogens is 2. The number of non-ortho nitro benzene ring substituents is 1. The van der Waals surface area contributed by atoms with Gasteiger partial charge in [-0.3, -0.25) is 10.1 Å². The van der Waals surface area contributed by atoms with Crippen molar-refractivity contribution < 1.29 is 28.1 Å². The number of hydrogen-bond acceptors (Lipinski definition) is 8. The van der Waals surface area contributed by atoms with Crippen LogP contribution in [0.2, 0.25) is 0 Å². The molecule has 2 aromatic rings. The normalized spacial score (nSPS) is 12.7. The lowest BCUT2D eigenvalue weighted by Gasteiger charge is -2.18. The number of H-pyrrole nitrogens is 1. The molecule has 1 aromatic heterocycles. The third-order valence-electron chi connectivity index (χ3n) is 5.12. The molecular weight excluding hydrogens is 461 g/mol. The molecule has 0 aliphatic carbocycles. The first-order chi connectivity index (χ1) is 16.4. The van der Waals surface area contributed by atoms with Crippen LogP contribution in [0.5, 0.6) is 5.75 Å². The van der Waals surface area contributed by atoms with Crippen LogP contribution in [0.3, 0.4) is 0 Å². The molecule has 0 spiro atoms. The molecule has 0 bridgehead atoms. The zero-order chi connectivity index (χ0) is 24.7. The second-order valence-corrected chi connectivity index (χ2v) is 9.96. The summed E-state index contributed by atoms with van der Waals surface area (Å²) in [6.45, 7) is 2.43. The SMILES string of the molecule is CCOP(=O)(CCCCCCCCCCCOC(=O)c1ncc[nH]1)Oc1ccc([N+](=O)[O-])cc1. The lowest BCUT2D eigenvalue weighted by molar-refractivity contribution is -0.384. The van der Waals surface area contributed by atoms with E-state index in [-0.39, 0.29) is 18.1 Å². The van der Waals surface area contributed by atoms with Gasteiger partial charge >= 0.3 is 13.6 Å². The van der Waals surface area contributed by atoms with Crippen LogP contribution in [0.1, 0.15) is 75.3 Å². The Bertz CT molecular complexity index is 904. The molecule has 1 N–H and O–H groups in total. The maximum Gasteiger partial charge on any atom is 0.379 e. The molecular formula is C23H34N3O7P. The van der Waals surface area contributed by atoms with Crippen LogP contribution in [-0.2, 0) is 13.8 Å². The minimum absolute atomic E-state index is 0.0490. The fourth-order valence-corrected chi connectivity index (χ4v) is 5.10. The summed E-state index contributed by atoms with van der Waals surface area (Å²) in [5.41, 5.74) is -0.0490. The zero-order valence-corrected chi connectivity index (χ0v) is 20.5. The monoisotopic (exact) mass is 495 g/mol. The third kappa shape index (κ3) is 10.5. The lowest BCUT2D eigenvalue weighted by atomic mass is 10.1. The highest BCUT2D eigenvalue weighted by Crippen LogP contribution is 2.49. The van der Waals surface area contributed by atoms with Crippen molar-refractivity contribution in [2.24, 2.45) is 0 Å². The van der Waals surface area contributed by atoms with Crippen molar-refractivity contribution in [3.63, 3.8) is 0 Å². The van der Waals surface area contributed by atoms with Gasteiger partial charge in [0.2, 0.25) is 5.82 Å². The van der Waals surface area contributed by atoms with Crippen molar-refractivity contribution in [3.05, 3.63) is 52.6 Å². The number of aromatic amines is 1. The van der Waals surface area contributed by atoms with Gasteiger partial charge in [0.05, 0.1) is 24.3 Å². The quantitative estimate of drug-likeness (QED) is 0.0838. The molecule has 10 nitrogen and oxygen atoms in total. The van der Waals surface area contributed by atoms with E-state index in [1.807, 2.05) is 0 Å². The van der Waals surface area contributed by atoms with Gasteiger partial charge in [0.1, 0.15) is 5.75 Å². The highest BCUT2D eigenvalue weighted by Gasteiger charge is 2.25. The molecule has 0 fully saturated rings. The van der Waals surface area contributed by atoms with Crippen molar-refractivity contribution in [2.45, 2.75) is 64.7 Å². The van der Waals surface area contributed by atoms with E-state index in [0.29, 0.717) is 18.5 Å². The molecule has 1 heterocycles. The number of carbonyl (C=O) groups excluding carboxylic acids is 1. The van der Waals surface area contributed by atoms with Gasteiger partial charge in [0.15, 0.2) is 0 Å². The van der Waals surface area contributed by atoms with E-state index in [9.17, 15) is 19.5 Å². The molecule has 0 aliphatic heterocycles. The van der Waals surface area contributed by atoms with Crippen LogP contribution in [0.4, 0.5) is 5.69 Å². The summed E-state index contributed by atoms with van der Waals surface area (Å²) in [6, 6.07) is 5.51. The van der Waals surface area contributed by atoms with Crippen molar-refractivity contribution in [3.8, 4) is 5.75 Å². The van der Waals surface area contributed by atoms with Gasteiger partial charge in [0, 0.05) is 24.5 Å². The van der Waals surface area contributed by atoms with Gasteiger partial charge in [-0.05, 0) is 31.9 Å². The second kappa shape index (κ2) is 15.2. The Morgan fingerprint density at radius 1 is 1.03 bits per heavy atom. The first-order valence-electron chi connectivity index (χ1n) is 11.8. The van der Waals surface area contributed by atoms with E-state index in [4.69, 9.17) is 13.8 Å². The lowest BCUT2D eigenvalue weighted by Crippen LogP contribution is -2.08. The smallest absolute Gasteiger partial charge is 0.379 e. The van der Waals surface area contributed by atoms with E-state index >= 15 is 0 Å². The van der Waals surface area contributed by atoms with E-state index < -0.39 is 18.5 Å². The van der Waals surface area contributed by atoms with E-state index in [2.05, 4.69) is 9.97 Å². The topological polar surface area (TPSA) is 134 Å². The van der Waals surface area contributed by atoms with Crippen LogP contribution in [0.25, 0.3) is 0 Å². The molecule has 188 valence electrons. The van der Waals surface area contributed by atoms with Gasteiger partial charge in [0.25, 0.3) is 5.69 Å². The highest BCUT2D eigenvalue weighted by atomic mass is 31.2. The van der Waals surface area contributed by atoms with Gasteiger partial charge in [-0.1, -0.05) is 44.9 Å². The second-order valence-electron chi connectivity index (χ2n) is 7.85. The van der Waals surface area contributed by atoms with Gasteiger partial charge < -0.3 is 18.8 Å². The van der Waals surface area contributed by atoms with Crippen molar-refractivity contribution in [1.29, 1.82) is 0 Å². The average molecular weight is 496 g/mol. The minimum Gasteiger partial charge on any atom is -0.460 e. The standard InChI is InChI=1S/C23H34N3O7P/c1-2-32-34(30,33-21-14-12-20(13-15-21)26(28)29)19-11-9-7-5-3-4-6-8-10-18-31-23(27)22-24-16-17-25-22/h12-17H,2-11,18-19H2,1H3,(H,24,25). The minimum atomic E-state index is -3.29. The number of benzene rings is 1. The number of nitrogens with zero attached hydrogens (tertiary/aromatic N) is 2. The molecule has 34 heavy (non-hydrogen) atoms. The Kier molecular flexibility index (Phi) is 12.3. The molecule has 1 atom stereocenters. The summed E-state index contributed by atoms with van der Waals surface area (Å²) in [6.07, 6.45) is 12.5. The number of unbranched alkanes of at least 4 members (excludes halogenated alkanes) is 8. The summed E-state index contributed by atoms with van der Waals surface area (Å²) >= 11 is 0. The van der Waals surface area contributed by atoms with E-state index in [1.165, 1.54) is 30.5 Å². The number of carbonyl (C=O) groups is 1. The fourth-order valence-electron chi connectivity index (χ4n) is 3.38. The summed E-state index contributed by atoms with van der Waals surface area (Å²) in [5.74, 6) is 0.116. The van der Waals surface area contributed by atoms with Crippen LogP contribution in [0, 0.1) is 10.1 Å². The maximum absolute atomic E-state index is 13.0. The Hall–Kier alpha value is -2.71. The summed E-state index contributed by atoms with van der Waals surface area (Å²) in [7, 11) is -3.29. The number of rotatable bonds is 18. The van der Waals surface area contributed by atoms with Crippen LogP contribution >= 0.6 is 7.60 Å². The van der Waals surface area contributed by atoms with Gasteiger partial charge in [-0.25, -0.2) is 14.3 Å². The molecule has 1 unspecified atom stereocenters. The Balaban J connectivity index is 1.51. The van der Waals surface area contributed by atoms with Gasteiger partial charge in [-0.15, -0.1) is 0 Å². The largest absolute Gasteiger partial charge is 0.460 e. The van der Waals surface area contributed by atoms with Crippen molar-refractivity contribution >= 4 is 19.3 Å². The predicted octanol–water partition coefficient (Wildman–Crippen LogP) is 6.29. The first-order valence-corrected chi connectivity index (χ1v) is 13.5. The molecule has 0 saturated carbocycles. The number of nitro benzene ring substituents is 1. The Morgan fingerprint density at radius 3 is 2.21 bits per heavy atom. The van der Waals surface area contributed by atoms with Crippen LogP contribution < -0.4 is 4.52 Å². The molecule has 11 heteroatoms.